The SMILES string of the molecule is Cc1cc(O)c2nc(Oc3cc(C4=N[C@@]5(C)C(C)(C)c6cnccc6[C@@]5(C)O4)ccn3)ccc2c1. The predicted molar refractivity (Wildman–Crippen MR) is 133 cm³/mol. The summed E-state index contributed by atoms with van der Waals surface area (Å²) in [5.41, 5.74) is 3.09. The van der Waals surface area contributed by atoms with Crippen LogP contribution in [0.15, 0.2) is 66.0 Å². The number of aromatic nitrogens is 3. The fourth-order valence-electron chi connectivity index (χ4n) is 5.48. The highest BCUT2D eigenvalue weighted by molar-refractivity contribution is 5.97. The molecule has 35 heavy (non-hydrogen) atoms. The highest BCUT2D eigenvalue weighted by Gasteiger charge is 2.67. The van der Waals surface area contributed by atoms with Gasteiger partial charge >= 0.3 is 0 Å². The number of phenols is 1. The number of aromatic hydroxyl groups is 1. The van der Waals surface area contributed by atoms with Crippen LogP contribution >= 0.6 is 0 Å². The van der Waals surface area contributed by atoms with Crippen LogP contribution in [0.3, 0.4) is 0 Å². The molecule has 0 saturated heterocycles. The van der Waals surface area contributed by atoms with Crippen LogP contribution in [-0.2, 0) is 15.8 Å². The molecule has 1 aromatic carbocycles. The Labute approximate surface area is 203 Å². The van der Waals surface area contributed by atoms with Gasteiger partial charge in [0.1, 0.15) is 16.8 Å². The van der Waals surface area contributed by atoms with E-state index < -0.39 is 11.1 Å². The van der Waals surface area contributed by atoms with Crippen LogP contribution in [0.4, 0.5) is 0 Å². The predicted octanol–water partition coefficient (Wildman–Crippen LogP) is 5.57. The van der Waals surface area contributed by atoms with Crippen LogP contribution in [0.1, 0.15) is 49.9 Å². The molecule has 7 heteroatoms. The summed E-state index contributed by atoms with van der Waals surface area (Å²) in [5.74, 6) is 1.38. The summed E-state index contributed by atoms with van der Waals surface area (Å²) in [5, 5.41) is 11.1. The summed E-state index contributed by atoms with van der Waals surface area (Å²) in [6.45, 7) is 10.6. The second kappa shape index (κ2) is 7.01. The van der Waals surface area contributed by atoms with Gasteiger partial charge in [0.15, 0.2) is 5.60 Å². The van der Waals surface area contributed by atoms with Gasteiger partial charge in [-0.15, -0.1) is 0 Å². The molecule has 4 heterocycles. The largest absolute Gasteiger partial charge is 0.506 e. The number of benzene rings is 1. The van der Waals surface area contributed by atoms with Gasteiger partial charge in [0, 0.05) is 52.7 Å². The summed E-state index contributed by atoms with van der Waals surface area (Å²) in [7, 11) is 0. The van der Waals surface area contributed by atoms with E-state index in [0.29, 0.717) is 23.2 Å². The lowest BCUT2D eigenvalue weighted by Gasteiger charge is -2.39. The number of fused-ring (bicyclic) bond motifs is 4. The van der Waals surface area contributed by atoms with E-state index in [0.717, 1.165) is 27.6 Å². The number of phenolic OH excluding ortho intramolecular Hbond substituents is 1. The van der Waals surface area contributed by atoms with Gasteiger partial charge in [0.2, 0.25) is 17.7 Å². The Hall–Kier alpha value is -4.00. The van der Waals surface area contributed by atoms with Crippen molar-refractivity contribution in [1.82, 2.24) is 15.0 Å². The minimum Gasteiger partial charge on any atom is -0.506 e. The zero-order chi connectivity index (χ0) is 24.6. The first kappa shape index (κ1) is 21.5. The lowest BCUT2D eigenvalue weighted by atomic mass is 9.70. The molecule has 0 spiro atoms. The minimum absolute atomic E-state index is 0.118. The number of pyridine rings is 3. The van der Waals surface area contributed by atoms with Gasteiger partial charge in [-0.05, 0) is 62.2 Å². The standard InChI is InChI=1S/C28H26N4O3/c1-16-12-17-6-7-22(31-24(17)21(33)13-16)34-23-14-18(8-11-30-23)25-32-28(5)26(2,3)20-15-29-10-9-19(20)27(28,4)35-25/h6-15,33H,1-5H3/t27-,28+/m1/s1. The molecular weight excluding hydrogens is 440 g/mol. The van der Waals surface area contributed by atoms with E-state index in [2.05, 4.69) is 42.6 Å². The van der Waals surface area contributed by atoms with Crippen molar-refractivity contribution in [2.75, 3.05) is 0 Å². The van der Waals surface area contributed by atoms with Gasteiger partial charge in [0.25, 0.3) is 0 Å². The number of aliphatic imine (C=N–C) groups is 1. The Morgan fingerprint density at radius 2 is 1.74 bits per heavy atom. The second-order valence-electron chi connectivity index (χ2n) is 10.2. The smallest absolute Gasteiger partial charge is 0.222 e. The third kappa shape index (κ3) is 2.90. The number of aryl methyl sites for hydroxylation is 1. The maximum Gasteiger partial charge on any atom is 0.222 e. The Morgan fingerprint density at radius 1 is 0.914 bits per heavy atom. The zero-order valence-electron chi connectivity index (χ0n) is 20.3. The van der Waals surface area contributed by atoms with E-state index >= 15 is 0 Å². The Balaban J connectivity index is 1.35. The number of ether oxygens (including phenoxy) is 2. The Morgan fingerprint density at radius 3 is 2.57 bits per heavy atom. The fraction of sp³-hybridized carbons (Fsp3) is 0.286. The van der Waals surface area contributed by atoms with Gasteiger partial charge in [-0.1, -0.05) is 13.8 Å². The Kier molecular flexibility index (Phi) is 4.31. The van der Waals surface area contributed by atoms with E-state index in [1.165, 1.54) is 0 Å². The maximum absolute atomic E-state index is 10.3. The van der Waals surface area contributed by atoms with Crippen molar-refractivity contribution < 1.29 is 14.6 Å². The molecule has 1 N–H and O–H groups in total. The first-order valence-corrected chi connectivity index (χ1v) is 11.6. The van der Waals surface area contributed by atoms with E-state index in [-0.39, 0.29) is 11.2 Å². The summed E-state index contributed by atoms with van der Waals surface area (Å²) < 4.78 is 12.6. The van der Waals surface area contributed by atoms with Crippen LogP contribution in [-0.4, -0.2) is 31.5 Å². The maximum atomic E-state index is 10.3. The quantitative estimate of drug-likeness (QED) is 0.424. The highest BCUT2D eigenvalue weighted by atomic mass is 16.5. The van der Waals surface area contributed by atoms with Crippen molar-refractivity contribution >= 4 is 16.8 Å². The van der Waals surface area contributed by atoms with Crippen molar-refractivity contribution in [2.24, 2.45) is 4.99 Å². The van der Waals surface area contributed by atoms with E-state index in [9.17, 15) is 5.11 Å². The normalized spacial score (nSPS) is 24.0. The molecule has 4 aromatic rings. The number of hydrogen-bond acceptors (Lipinski definition) is 7. The van der Waals surface area contributed by atoms with Gasteiger partial charge in [0.05, 0.1) is 0 Å². The number of hydrogen-bond donors (Lipinski definition) is 1. The lowest BCUT2D eigenvalue weighted by molar-refractivity contribution is 0.0192. The van der Waals surface area contributed by atoms with Gasteiger partial charge in [-0.2, -0.15) is 0 Å². The first-order valence-electron chi connectivity index (χ1n) is 11.6. The monoisotopic (exact) mass is 466 g/mol. The molecule has 0 fully saturated rings. The molecule has 0 radical (unpaired) electrons. The van der Waals surface area contributed by atoms with Crippen LogP contribution in [0, 0.1) is 6.92 Å². The molecule has 6 rings (SSSR count). The molecule has 7 nitrogen and oxygen atoms in total. The second-order valence-corrected chi connectivity index (χ2v) is 10.2. The van der Waals surface area contributed by atoms with Gasteiger partial charge < -0.3 is 14.6 Å². The van der Waals surface area contributed by atoms with Crippen molar-refractivity contribution in [2.45, 2.75) is 51.2 Å². The Bertz CT molecular complexity index is 1550. The topological polar surface area (TPSA) is 89.7 Å². The van der Waals surface area contributed by atoms with Crippen LogP contribution in [0.2, 0.25) is 0 Å². The van der Waals surface area contributed by atoms with Crippen molar-refractivity contribution in [3.05, 3.63) is 83.3 Å². The molecule has 1 aliphatic heterocycles. The summed E-state index contributed by atoms with van der Waals surface area (Å²) in [6, 6.07) is 13.0. The number of rotatable bonds is 3. The molecule has 0 amide bonds. The van der Waals surface area contributed by atoms with E-state index in [1.54, 1.807) is 30.6 Å². The third-order valence-corrected chi connectivity index (χ3v) is 7.86. The van der Waals surface area contributed by atoms with Crippen molar-refractivity contribution in [1.29, 1.82) is 0 Å². The molecule has 0 bridgehead atoms. The summed E-state index contributed by atoms with van der Waals surface area (Å²) in [4.78, 5) is 18.3. The average Bonchev–Trinajstić information content (AvgIpc) is 3.18. The minimum atomic E-state index is -0.621. The van der Waals surface area contributed by atoms with Crippen molar-refractivity contribution in [3.8, 4) is 17.5 Å². The van der Waals surface area contributed by atoms with E-state index in [4.69, 9.17) is 14.5 Å². The van der Waals surface area contributed by atoms with Crippen LogP contribution in [0.25, 0.3) is 10.9 Å². The van der Waals surface area contributed by atoms with E-state index in [1.807, 2.05) is 37.4 Å². The molecule has 2 aliphatic rings. The fourth-order valence-corrected chi connectivity index (χ4v) is 5.48. The summed E-state index contributed by atoms with van der Waals surface area (Å²) >= 11 is 0. The summed E-state index contributed by atoms with van der Waals surface area (Å²) in [6.07, 6.45) is 5.40. The van der Waals surface area contributed by atoms with Crippen LogP contribution in [0.5, 0.6) is 17.5 Å². The number of nitrogens with zero attached hydrogens (tertiary/aromatic N) is 4. The zero-order valence-corrected chi connectivity index (χ0v) is 20.3. The molecule has 176 valence electrons. The molecular formula is C28H26N4O3. The highest BCUT2D eigenvalue weighted by Crippen LogP contribution is 2.61. The lowest BCUT2D eigenvalue weighted by Crippen LogP contribution is -2.49. The molecule has 2 atom stereocenters. The average molecular weight is 467 g/mol. The molecule has 0 unspecified atom stereocenters. The van der Waals surface area contributed by atoms with Crippen LogP contribution < -0.4 is 4.74 Å². The molecule has 0 saturated carbocycles. The van der Waals surface area contributed by atoms with Gasteiger partial charge in [-0.25, -0.2) is 15.0 Å². The molecule has 3 aromatic heterocycles. The first-order chi connectivity index (χ1) is 16.6. The van der Waals surface area contributed by atoms with Gasteiger partial charge in [-0.3, -0.25) is 4.98 Å². The third-order valence-electron chi connectivity index (χ3n) is 7.86. The molecule has 1 aliphatic carbocycles. The van der Waals surface area contributed by atoms with Crippen molar-refractivity contribution in [3.63, 3.8) is 0 Å².